The van der Waals surface area contributed by atoms with E-state index in [-0.39, 0.29) is 23.5 Å². The minimum Gasteiger partial charge on any atom is -0.321 e. The Morgan fingerprint density at radius 2 is 1.59 bits per heavy atom. The molecule has 0 spiro atoms. The molecule has 0 fully saturated rings. The molecule has 0 aliphatic heterocycles. The van der Waals surface area contributed by atoms with Crippen LogP contribution < -0.4 is 5.56 Å². The molecule has 1 N–H and O–H groups in total. The first-order chi connectivity index (χ1) is 15.2. The zero-order valence-electron chi connectivity index (χ0n) is 17.8. The lowest BCUT2D eigenvalue weighted by atomic mass is 10.1. The van der Waals surface area contributed by atoms with Crippen LogP contribution in [0.2, 0.25) is 0 Å². The number of pyridine rings is 1. The molecule has 0 saturated carbocycles. The van der Waals surface area contributed by atoms with Crippen molar-refractivity contribution in [2.24, 2.45) is 0 Å². The Morgan fingerprint density at radius 3 is 2.28 bits per heavy atom. The molecule has 164 valence electrons. The van der Waals surface area contributed by atoms with Crippen LogP contribution in [0, 0.1) is 19.7 Å². The van der Waals surface area contributed by atoms with E-state index in [2.05, 4.69) is 4.98 Å². The minimum atomic E-state index is -3.99. The number of benzene rings is 3. The summed E-state index contributed by atoms with van der Waals surface area (Å²) < 4.78 is 41.5. The zero-order chi connectivity index (χ0) is 22.9. The summed E-state index contributed by atoms with van der Waals surface area (Å²) in [6.07, 6.45) is 0. The Bertz CT molecular complexity index is 1430. The Kier molecular flexibility index (Phi) is 5.95. The van der Waals surface area contributed by atoms with Gasteiger partial charge in [-0.05, 0) is 66.8 Å². The molecule has 0 atom stereocenters. The molecule has 0 bridgehead atoms. The molecule has 1 heterocycles. The SMILES string of the molecule is Cc1cc(C)c2[nH]c(=O)c(CN(Cc3ccccc3)S(=O)(=O)c3ccc(F)cc3)cc2c1. The van der Waals surface area contributed by atoms with Crippen LogP contribution in [0.25, 0.3) is 10.9 Å². The van der Waals surface area contributed by atoms with Crippen LogP contribution >= 0.6 is 0 Å². The van der Waals surface area contributed by atoms with Crippen LogP contribution in [-0.2, 0) is 23.1 Å². The summed E-state index contributed by atoms with van der Waals surface area (Å²) in [6.45, 7) is 3.85. The van der Waals surface area contributed by atoms with Crippen LogP contribution in [0.3, 0.4) is 0 Å². The molecule has 0 radical (unpaired) electrons. The van der Waals surface area contributed by atoms with E-state index in [0.29, 0.717) is 5.56 Å². The highest BCUT2D eigenvalue weighted by Crippen LogP contribution is 2.23. The van der Waals surface area contributed by atoms with Gasteiger partial charge in [-0.3, -0.25) is 4.79 Å². The number of rotatable bonds is 6. The molecule has 0 saturated heterocycles. The second kappa shape index (κ2) is 8.68. The molecule has 4 rings (SSSR count). The van der Waals surface area contributed by atoms with Gasteiger partial charge >= 0.3 is 0 Å². The second-order valence-corrected chi connectivity index (χ2v) is 9.82. The van der Waals surface area contributed by atoms with Crippen molar-refractivity contribution in [3.05, 3.63) is 111 Å². The Balaban J connectivity index is 1.79. The number of aryl methyl sites for hydroxylation is 2. The van der Waals surface area contributed by atoms with Crippen molar-refractivity contribution < 1.29 is 12.8 Å². The van der Waals surface area contributed by atoms with Crippen molar-refractivity contribution >= 4 is 20.9 Å². The number of sulfonamides is 1. The van der Waals surface area contributed by atoms with Crippen molar-refractivity contribution in [1.82, 2.24) is 9.29 Å². The van der Waals surface area contributed by atoms with E-state index in [9.17, 15) is 17.6 Å². The van der Waals surface area contributed by atoms with E-state index in [1.165, 1.54) is 16.4 Å². The Hall–Kier alpha value is -3.29. The third-order valence-electron chi connectivity index (χ3n) is 5.37. The van der Waals surface area contributed by atoms with Gasteiger partial charge in [-0.15, -0.1) is 0 Å². The summed E-state index contributed by atoms with van der Waals surface area (Å²) in [5, 5.41) is 0.843. The maximum atomic E-state index is 13.4. The maximum Gasteiger partial charge on any atom is 0.252 e. The topological polar surface area (TPSA) is 70.2 Å². The summed E-state index contributed by atoms with van der Waals surface area (Å²) in [7, 11) is -3.99. The van der Waals surface area contributed by atoms with E-state index in [1.807, 2.05) is 56.3 Å². The lowest BCUT2D eigenvalue weighted by Crippen LogP contribution is -2.32. The number of aromatic amines is 1. The predicted octanol–water partition coefficient (Wildman–Crippen LogP) is 4.68. The van der Waals surface area contributed by atoms with E-state index < -0.39 is 15.8 Å². The monoisotopic (exact) mass is 450 g/mol. The van der Waals surface area contributed by atoms with Crippen LogP contribution in [-0.4, -0.2) is 17.7 Å². The van der Waals surface area contributed by atoms with Crippen LogP contribution in [0.5, 0.6) is 0 Å². The molecular formula is C25H23FN2O3S. The number of H-pyrrole nitrogens is 1. The first-order valence-corrected chi connectivity index (χ1v) is 11.6. The highest BCUT2D eigenvalue weighted by molar-refractivity contribution is 7.89. The van der Waals surface area contributed by atoms with Gasteiger partial charge in [-0.25, -0.2) is 12.8 Å². The fraction of sp³-hybridized carbons (Fsp3) is 0.160. The zero-order valence-corrected chi connectivity index (χ0v) is 18.6. The van der Waals surface area contributed by atoms with Gasteiger partial charge in [0.1, 0.15) is 5.82 Å². The van der Waals surface area contributed by atoms with E-state index in [1.54, 1.807) is 6.07 Å². The van der Waals surface area contributed by atoms with Gasteiger partial charge in [0.25, 0.3) is 5.56 Å². The summed E-state index contributed by atoms with van der Waals surface area (Å²) in [4.78, 5) is 15.7. The van der Waals surface area contributed by atoms with Crippen LogP contribution in [0.4, 0.5) is 4.39 Å². The third kappa shape index (κ3) is 4.49. The first kappa shape index (κ1) is 21.9. The number of halogens is 1. The molecule has 0 unspecified atom stereocenters. The normalized spacial score (nSPS) is 11.9. The quantitative estimate of drug-likeness (QED) is 0.464. The van der Waals surface area contributed by atoms with Gasteiger partial charge in [-0.1, -0.05) is 42.0 Å². The summed E-state index contributed by atoms with van der Waals surface area (Å²) in [5.74, 6) is -0.518. The van der Waals surface area contributed by atoms with E-state index in [4.69, 9.17) is 0 Å². The number of hydrogen-bond acceptors (Lipinski definition) is 3. The predicted molar refractivity (Wildman–Crippen MR) is 123 cm³/mol. The van der Waals surface area contributed by atoms with Gasteiger partial charge < -0.3 is 4.98 Å². The summed E-state index contributed by atoms with van der Waals surface area (Å²) in [5.41, 5.74) is 3.51. The number of fused-ring (bicyclic) bond motifs is 1. The maximum absolute atomic E-state index is 13.4. The van der Waals surface area contributed by atoms with Crippen molar-refractivity contribution in [2.75, 3.05) is 0 Å². The van der Waals surface area contributed by atoms with Gasteiger partial charge in [0.05, 0.1) is 10.4 Å². The molecule has 1 aromatic heterocycles. The molecule has 0 amide bonds. The van der Waals surface area contributed by atoms with Crippen molar-refractivity contribution in [3.63, 3.8) is 0 Å². The molecule has 5 nitrogen and oxygen atoms in total. The fourth-order valence-corrected chi connectivity index (χ4v) is 5.21. The van der Waals surface area contributed by atoms with Gasteiger partial charge in [0, 0.05) is 18.7 Å². The number of nitrogens with one attached hydrogen (secondary N) is 1. The number of aromatic nitrogens is 1. The van der Waals surface area contributed by atoms with Crippen molar-refractivity contribution in [2.45, 2.75) is 31.8 Å². The highest BCUT2D eigenvalue weighted by atomic mass is 32.2. The summed E-state index contributed by atoms with van der Waals surface area (Å²) >= 11 is 0. The molecule has 0 aliphatic carbocycles. The van der Waals surface area contributed by atoms with Gasteiger partial charge in [0.2, 0.25) is 10.0 Å². The molecule has 32 heavy (non-hydrogen) atoms. The average Bonchev–Trinajstić information content (AvgIpc) is 2.75. The molecule has 3 aromatic carbocycles. The lowest BCUT2D eigenvalue weighted by molar-refractivity contribution is 0.399. The minimum absolute atomic E-state index is 0.0289. The highest BCUT2D eigenvalue weighted by Gasteiger charge is 2.26. The second-order valence-electron chi connectivity index (χ2n) is 7.88. The molecule has 4 aromatic rings. The Morgan fingerprint density at radius 1 is 0.906 bits per heavy atom. The molecule has 0 aliphatic rings. The van der Waals surface area contributed by atoms with E-state index >= 15 is 0 Å². The van der Waals surface area contributed by atoms with Crippen molar-refractivity contribution in [1.29, 1.82) is 0 Å². The van der Waals surface area contributed by atoms with Crippen molar-refractivity contribution in [3.8, 4) is 0 Å². The first-order valence-electron chi connectivity index (χ1n) is 10.2. The fourth-order valence-electron chi connectivity index (χ4n) is 3.81. The Labute approximate surface area is 186 Å². The number of hydrogen-bond donors (Lipinski definition) is 1. The molecule has 7 heteroatoms. The number of nitrogens with zero attached hydrogens (tertiary/aromatic N) is 1. The standard InChI is InChI=1S/C25H23FN2O3S/c1-17-12-18(2)24-20(13-17)14-21(25(29)27-24)16-28(15-19-6-4-3-5-7-19)32(30,31)23-10-8-22(26)9-11-23/h3-14H,15-16H2,1-2H3,(H,27,29). The lowest BCUT2D eigenvalue weighted by Gasteiger charge is -2.22. The van der Waals surface area contributed by atoms with Crippen LogP contribution in [0.15, 0.2) is 82.5 Å². The molecular weight excluding hydrogens is 427 g/mol. The summed E-state index contributed by atoms with van der Waals surface area (Å²) in [6, 6.07) is 19.5. The van der Waals surface area contributed by atoms with Gasteiger partial charge in [0.15, 0.2) is 0 Å². The van der Waals surface area contributed by atoms with Crippen LogP contribution in [0.1, 0.15) is 22.3 Å². The third-order valence-corrected chi connectivity index (χ3v) is 7.18. The largest absolute Gasteiger partial charge is 0.321 e. The smallest absolute Gasteiger partial charge is 0.252 e. The van der Waals surface area contributed by atoms with Gasteiger partial charge in [-0.2, -0.15) is 4.31 Å². The van der Waals surface area contributed by atoms with E-state index in [0.717, 1.165) is 39.7 Å². The average molecular weight is 451 g/mol.